The lowest BCUT2D eigenvalue weighted by molar-refractivity contribution is 0.390. The molecule has 1 aromatic carbocycles. The SMILES string of the molecule is COc1ccc(CN/C(N)=C/C(=C\N)CS(=O)O)c(OC)c1. The van der Waals surface area contributed by atoms with Gasteiger partial charge in [-0.2, -0.15) is 0 Å². The maximum absolute atomic E-state index is 10.8. The van der Waals surface area contributed by atoms with E-state index in [1.165, 1.54) is 12.3 Å². The summed E-state index contributed by atoms with van der Waals surface area (Å²) in [5.41, 5.74) is 12.6. The van der Waals surface area contributed by atoms with Gasteiger partial charge in [0.1, 0.15) is 11.5 Å². The second-order valence-corrected chi connectivity index (χ2v) is 5.27. The number of allylic oxidation sites excluding steroid dienone is 1. The first kappa shape index (κ1) is 17.9. The van der Waals surface area contributed by atoms with Crippen LogP contribution in [0.2, 0.25) is 0 Å². The molecule has 0 heterocycles. The van der Waals surface area contributed by atoms with Crippen LogP contribution in [-0.4, -0.2) is 28.7 Å². The number of ether oxygens (including phenoxy) is 2. The van der Waals surface area contributed by atoms with Gasteiger partial charge in [-0.15, -0.1) is 0 Å². The van der Waals surface area contributed by atoms with Crippen molar-refractivity contribution in [2.75, 3.05) is 20.0 Å². The van der Waals surface area contributed by atoms with E-state index < -0.39 is 11.1 Å². The molecule has 8 heteroatoms. The van der Waals surface area contributed by atoms with Crippen LogP contribution in [0.15, 0.2) is 41.9 Å². The van der Waals surface area contributed by atoms with Gasteiger partial charge in [0.2, 0.25) is 0 Å². The Bertz CT molecular complexity index is 587. The summed E-state index contributed by atoms with van der Waals surface area (Å²) in [7, 11) is 3.16. The highest BCUT2D eigenvalue weighted by Gasteiger charge is 2.05. The molecule has 1 unspecified atom stereocenters. The Labute approximate surface area is 132 Å². The molecule has 0 bridgehead atoms. The van der Waals surface area contributed by atoms with Gasteiger partial charge in [-0.25, -0.2) is 4.21 Å². The lowest BCUT2D eigenvalue weighted by Crippen LogP contribution is -2.20. The molecule has 0 aliphatic heterocycles. The van der Waals surface area contributed by atoms with Gasteiger partial charge >= 0.3 is 0 Å². The smallest absolute Gasteiger partial charge is 0.157 e. The van der Waals surface area contributed by atoms with E-state index in [1.54, 1.807) is 20.3 Å². The molecule has 0 saturated carbocycles. The zero-order valence-corrected chi connectivity index (χ0v) is 13.4. The molecule has 0 fully saturated rings. The summed E-state index contributed by atoms with van der Waals surface area (Å²) in [5, 5.41) is 2.99. The van der Waals surface area contributed by atoms with Gasteiger partial charge in [-0.1, -0.05) is 0 Å². The summed E-state index contributed by atoms with van der Waals surface area (Å²) in [6, 6.07) is 5.46. The first-order chi connectivity index (χ1) is 10.5. The molecule has 1 aromatic rings. The van der Waals surface area contributed by atoms with Crippen molar-refractivity contribution in [2.24, 2.45) is 11.5 Å². The first-order valence-electron chi connectivity index (χ1n) is 6.40. The molecule has 7 nitrogen and oxygen atoms in total. The third-order valence-electron chi connectivity index (χ3n) is 2.82. The van der Waals surface area contributed by atoms with Crippen molar-refractivity contribution in [1.82, 2.24) is 5.32 Å². The summed E-state index contributed by atoms with van der Waals surface area (Å²) in [6.45, 7) is 0.426. The van der Waals surface area contributed by atoms with Crippen LogP contribution < -0.4 is 26.3 Å². The number of hydrogen-bond acceptors (Lipinski definition) is 6. The van der Waals surface area contributed by atoms with E-state index in [-0.39, 0.29) is 5.75 Å². The minimum Gasteiger partial charge on any atom is -0.497 e. The number of benzene rings is 1. The van der Waals surface area contributed by atoms with E-state index in [2.05, 4.69) is 5.32 Å². The fraction of sp³-hybridized carbons (Fsp3) is 0.286. The lowest BCUT2D eigenvalue weighted by atomic mass is 10.2. The monoisotopic (exact) mass is 327 g/mol. The van der Waals surface area contributed by atoms with Gasteiger partial charge in [0.05, 0.1) is 25.8 Å². The Morgan fingerprint density at radius 2 is 2.14 bits per heavy atom. The van der Waals surface area contributed by atoms with Crippen LogP contribution >= 0.6 is 0 Å². The molecule has 0 aliphatic carbocycles. The molecular formula is C14H21N3O4S. The summed E-state index contributed by atoms with van der Waals surface area (Å²) in [4.78, 5) is 0. The second kappa shape index (κ2) is 8.96. The topological polar surface area (TPSA) is 120 Å². The van der Waals surface area contributed by atoms with Gasteiger partial charge in [0.25, 0.3) is 0 Å². The number of hydrogen-bond donors (Lipinski definition) is 4. The molecular weight excluding hydrogens is 306 g/mol. The number of methoxy groups -OCH3 is 2. The molecule has 6 N–H and O–H groups in total. The number of nitrogens with two attached hydrogens (primary N) is 2. The van der Waals surface area contributed by atoms with Crippen molar-refractivity contribution in [3.8, 4) is 11.5 Å². The Hall–Kier alpha value is -2.19. The molecule has 1 rings (SSSR count). The van der Waals surface area contributed by atoms with Crippen molar-refractivity contribution < 1.29 is 18.2 Å². The van der Waals surface area contributed by atoms with Crippen LogP contribution in [0.4, 0.5) is 0 Å². The normalized spacial score (nSPS) is 13.6. The van der Waals surface area contributed by atoms with Crippen LogP contribution in [0.1, 0.15) is 5.56 Å². The number of rotatable bonds is 8. The van der Waals surface area contributed by atoms with Crippen LogP contribution in [0.5, 0.6) is 11.5 Å². The zero-order chi connectivity index (χ0) is 16.5. The predicted octanol–water partition coefficient (Wildman–Crippen LogP) is 0.658. The van der Waals surface area contributed by atoms with E-state index in [9.17, 15) is 4.21 Å². The summed E-state index contributed by atoms with van der Waals surface area (Å²) >= 11 is -1.97. The van der Waals surface area contributed by atoms with Gasteiger partial charge in [-0.3, -0.25) is 0 Å². The molecule has 0 amide bonds. The van der Waals surface area contributed by atoms with Crippen molar-refractivity contribution in [3.05, 3.63) is 47.4 Å². The largest absolute Gasteiger partial charge is 0.497 e. The van der Waals surface area contributed by atoms with Gasteiger partial charge in [0.15, 0.2) is 11.1 Å². The third kappa shape index (κ3) is 5.66. The van der Waals surface area contributed by atoms with Gasteiger partial charge < -0.3 is 30.8 Å². The predicted molar refractivity (Wildman–Crippen MR) is 86.6 cm³/mol. The maximum atomic E-state index is 10.8. The van der Waals surface area contributed by atoms with E-state index in [1.807, 2.05) is 12.1 Å². The molecule has 0 radical (unpaired) electrons. The molecule has 0 aromatic heterocycles. The average Bonchev–Trinajstić information content (AvgIpc) is 2.51. The van der Waals surface area contributed by atoms with Crippen molar-refractivity contribution in [2.45, 2.75) is 6.54 Å². The fourth-order valence-electron chi connectivity index (χ4n) is 1.73. The highest BCUT2D eigenvalue weighted by atomic mass is 32.2. The summed E-state index contributed by atoms with van der Waals surface area (Å²) in [5.74, 6) is 1.62. The van der Waals surface area contributed by atoms with Crippen LogP contribution in [0.3, 0.4) is 0 Å². The maximum Gasteiger partial charge on any atom is 0.157 e. The van der Waals surface area contributed by atoms with E-state index in [0.29, 0.717) is 29.4 Å². The molecule has 0 spiro atoms. The van der Waals surface area contributed by atoms with Crippen LogP contribution in [0, 0.1) is 0 Å². The summed E-state index contributed by atoms with van der Waals surface area (Å²) in [6.07, 6.45) is 2.76. The Morgan fingerprint density at radius 1 is 1.41 bits per heavy atom. The van der Waals surface area contributed by atoms with Crippen molar-refractivity contribution >= 4 is 11.1 Å². The van der Waals surface area contributed by atoms with Crippen molar-refractivity contribution in [3.63, 3.8) is 0 Å². The first-order valence-corrected chi connectivity index (χ1v) is 7.68. The molecule has 1 atom stereocenters. The Morgan fingerprint density at radius 3 is 2.68 bits per heavy atom. The standard InChI is InChI=1S/C14H21N3O4S/c1-20-12-4-3-11(13(6-12)21-2)8-17-14(16)5-10(7-15)9-22(18)19/h3-7,17H,8-9,15-16H2,1-2H3,(H,18,19)/b10-7+,14-5+. The van der Waals surface area contributed by atoms with E-state index in [4.69, 9.17) is 25.5 Å². The van der Waals surface area contributed by atoms with Crippen molar-refractivity contribution in [1.29, 1.82) is 0 Å². The van der Waals surface area contributed by atoms with E-state index in [0.717, 1.165) is 5.56 Å². The molecule has 0 saturated heterocycles. The quantitative estimate of drug-likeness (QED) is 0.409. The lowest BCUT2D eigenvalue weighted by Gasteiger charge is -2.12. The minimum absolute atomic E-state index is 0.0786. The van der Waals surface area contributed by atoms with Crippen LogP contribution in [0.25, 0.3) is 0 Å². The Balaban J connectivity index is 2.74. The van der Waals surface area contributed by atoms with Gasteiger partial charge in [-0.05, 0) is 30.0 Å². The minimum atomic E-state index is -1.97. The highest BCUT2D eigenvalue weighted by molar-refractivity contribution is 7.79. The fourth-order valence-corrected chi connectivity index (χ4v) is 2.19. The summed E-state index contributed by atoms with van der Waals surface area (Å²) < 4.78 is 30.0. The second-order valence-electron chi connectivity index (χ2n) is 4.34. The molecule has 122 valence electrons. The van der Waals surface area contributed by atoms with E-state index >= 15 is 0 Å². The van der Waals surface area contributed by atoms with Gasteiger partial charge in [0, 0.05) is 18.2 Å². The average molecular weight is 327 g/mol. The molecule has 22 heavy (non-hydrogen) atoms. The Kier molecular flexibility index (Phi) is 7.27. The third-order valence-corrected chi connectivity index (χ3v) is 3.40. The van der Waals surface area contributed by atoms with Crippen LogP contribution in [-0.2, 0) is 17.6 Å². The zero-order valence-electron chi connectivity index (χ0n) is 12.5. The highest BCUT2D eigenvalue weighted by Crippen LogP contribution is 2.24. The molecule has 0 aliphatic rings. The number of nitrogens with one attached hydrogen (secondary N) is 1.